The Balaban J connectivity index is 1.76. The molecule has 0 fully saturated rings. The van der Waals surface area contributed by atoms with Gasteiger partial charge in [-0.2, -0.15) is 0 Å². The Bertz CT molecular complexity index is 817. The third-order valence-corrected chi connectivity index (χ3v) is 3.45. The number of unbranched alkanes of at least 4 members (excludes halogenated alkanes) is 1. The van der Waals surface area contributed by atoms with Crippen LogP contribution in [0.3, 0.4) is 0 Å². The Morgan fingerprint density at radius 2 is 2.17 bits per heavy atom. The van der Waals surface area contributed by atoms with Crippen molar-refractivity contribution < 1.29 is 14.6 Å². The van der Waals surface area contributed by atoms with Gasteiger partial charge in [-0.25, -0.2) is 9.97 Å². The fourth-order valence-corrected chi connectivity index (χ4v) is 2.25. The zero-order chi connectivity index (χ0) is 16.8. The first kappa shape index (κ1) is 15.9. The van der Waals surface area contributed by atoms with Crippen molar-refractivity contribution in [2.45, 2.75) is 12.8 Å². The van der Waals surface area contributed by atoms with Gasteiger partial charge in [0.15, 0.2) is 0 Å². The van der Waals surface area contributed by atoms with Crippen molar-refractivity contribution in [3.05, 3.63) is 48.3 Å². The van der Waals surface area contributed by atoms with Crippen molar-refractivity contribution >= 4 is 22.8 Å². The van der Waals surface area contributed by atoms with Gasteiger partial charge in [0.05, 0.1) is 17.7 Å². The number of aromatic amines is 1. The van der Waals surface area contributed by atoms with E-state index in [1.807, 2.05) is 6.07 Å². The summed E-state index contributed by atoms with van der Waals surface area (Å²) in [5.41, 5.74) is 1.73. The molecule has 0 saturated carbocycles. The number of nitrogens with one attached hydrogen (secondary N) is 2. The summed E-state index contributed by atoms with van der Waals surface area (Å²) in [6, 6.07) is 8.87. The highest BCUT2D eigenvalue weighted by Gasteiger charge is 2.14. The molecule has 0 aliphatic heterocycles. The topological polar surface area (TPSA) is 100 Å². The quantitative estimate of drug-likeness (QED) is 0.579. The highest BCUT2D eigenvalue weighted by atomic mass is 16.5. The van der Waals surface area contributed by atoms with Gasteiger partial charge in [-0.3, -0.25) is 4.79 Å². The Kier molecular flexibility index (Phi) is 5.02. The number of nitrogens with zero attached hydrogens (tertiary/aromatic N) is 2. The van der Waals surface area contributed by atoms with E-state index in [1.165, 1.54) is 0 Å². The number of H-pyrrole nitrogens is 1. The zero-order valence-electron chi connectivity index (χ0n) is 13.0. The minimum atomic E-state index is -0.287. The maximum atomic E-state index is 12.4. The van der Waals surface area contributed by atoms with Crippen LogP contribution < -0.4 is 10.1 Å². The highest BCUT2D eigenvalue weighted by Crippen LogP contribution is 2.20. The van der Waals surface area contributed by atoms with Gasteiger partial charge in [-0.05, 0) is 31.0 Å². The summed E-state index contributed by atoms with van der Waals surface area (Å²) in [4.78, 5) is 23.9. The van der Waals surface area contributed by atoms with Gasteiger partial charge in [0, 0.05) is 25.1 Å². The smallest absolute Gasteiger partial charge is 0.260 e. The second-order valence-corrected chi connectivity index (χ2v) is 5.20. The number of anilines is 1. The summed E-state index contributed by atoms with van der Waals surface area (Å²) in [7, 11) is 0. The molecule has 3 heterocycles. The van der Waals surface area contributed by atoms with E-state index in [4.69, 9.17) is 9.84 Å². The van der Waals surface area contributed by atoms with Crippen molar-refractivity contribution in [1.82, 2.24) is 15.0 Å². The molecule has 0 unspecified atom stereocenters. The van der Waals surface area contributed by atoms with Crippen LogP contribution in [0.1, 0.15) is 23.2 Å². The first-order valence-electron chi connectivity index (χ1n) is 7.72. The maximum absolute atomic E-state index is 12.4. The molecule has 3 rings (SSSR count). The number of carbonyl (C=O) groups excluding carboxylic acids is 1. The van der Waals surface area contributed by atoms with Gasteiger partial charge in [0.1, 0.15) is 11.3 Å². The molecule has 0 aliphatic rings. The van der Waals surface area contributed by atoms with Crippen LogP contribution in [0.4, 0.5) is 5.82 Å². The summed E-state index contributed by atoms with van der Waals surface area (Å²) in [5, 5.41) is 11.5. The molecule has 0 radical (unpaired) electrons. The van der Waals surface area contributed by atoms with Gasteiger partial charge in [-0.15, -0.1) is 0 Å². The summed E-state index contributed by atoms with van der Waals surface area (Å²) in [6.45, 7) is 0.616. The molecule has 3 aromatic rings. The molecule has 0 aromatic carbocycles. The predicted molar refractivity (Wildman–Crippen MR) is 90.1 cm³/mol. The van der Waals surface area contributed by atoms with Crippen molar-refractivity contribution in [2.24, 2.45) is 0 Å². The number of aromatic nitrogens is 3. The Labute approximate surface area is 138 Å². The molecule has 0 saturated heterocycles. The van der Waals surface area contributed by atoms with Crippen LogP contribution in [-0.2, 0) is 0 Å². The van der Waals surface area contributed by atoms with E-state index in [1.54, 1.807) is 36.7 Å². The lowest BCUT2D eigenvalue weighted by molar-refractivity contribution is 0.102. The SMILES string of the molecule is O=C(Nc1ccccn1)c1c[nH]c2ccc(OCCCCO)nc12. The average molecular weight is 326 g/mol. The van der Waals surface area contributed by atoms with E-state index >= 15 is 0 Å². The van der Waals surface area contributed by atoms with Gasteiger partial charge < -0.3 is 20.1 Å². The van der Waals surface area contributed by atoms with Crippen molar-refractivity contribution in [2.75, 3.05) is 18.5 Å². The summed E-state index contributed by atoms with van der Waals surface area (Å²) in [6.07, 6.45) is 4.66. The van der Waals surface area contributed by atoms with Crippen molar-refractivity contribution in [3.8, 4) is 5.88 Å². The Morgan fingerprint density at radius 1 is 1.25 bits per heavy atom. The molecule has 3 N–H and O–H groups in total. The zero-order valence-corrected chi connectivity index (χ0v) is 13.0. The van der Waals surface area contributed by atoms with Crippen molar-refractivity contribution in [1.29, 1.82) is 0 Å². The fourth-order valence-electron chi connectivity index (χ4n) is 2.25. The van der Waals surface area contributed by atoms with Gasteiger partial charge in [-0.1, -0.05) is 6.07 Å². The minimum Gasteiger partial charge on any atom is -0.478 e. The number of pyridine rings is 2. The normalized spacial score (nSPS) is 10.7. The van der Waals surface area contributed by atoms with Crippen LogP contribution in [0.15, 0.2) is 42.7 Å². The first-order chi connectivity index (χ1) is 11.8. The molecule has 0 aliphatic carbocycles. The second kappa shape index (κ2) is 7.56. The van der Waals surface area contributed by atoms with E-state index in [9.17, 15) is 4.79 Å². The third kappa shape index (κ3) is 3.69. The standard InChI is InChI=1S/C17H18N4O3/c22-9-3-4-10-24-15-7-6-13-16(21-15)12(11-19-13)17(23)20-14-5-1-2-8-18-14/h1-2,5-8,11,19,22H,3-4,9-10H2,(H,18,20,23). The molecular formula is C17H18N4O3. The molecule has 124 valence electrons. The average Bonchev–Trinajstić information content (AvgIpc) is 3.03. The number of aliphatic hydroxyl groups is 1. The maximum Gasteiger partial charge on any atom is 0.260 e. The molecule has 3 aromatic heterocycles. The first-order valence-corrected chi connectivity index (χ1v) is 7.72. The number of hydrogen-bond donors (Lipinski definition) is 3. The molecule has 0 spiro atoms. The van der Waals surface area contributed by atoms with E-state index in [0.717, 1.165) is 11.9 Å². The van der Waals surface area contributed by atoms with Gasteiger partial charge in [0.25, 0.3) is 5.91 Å². The number of ether oxygens (including phenoxy) is 1. The largest absolute Gasteiger partial charge is 0.478 e. The Hall–Kier alpha value is -2.93. The molecule has 24 heavy (non-hydrogen) atoms. The lowest BCUT2D eigenvalue weighted by atomic mass is 10.2. The van der Waals surface area contributed by atoms with Crippen LogP contribution in [0.2, 0.25) is 0 Å². The molecule has 0 atom stereocenters. The third-order valence-electron chi connectivity index (χ3n) is 3.45. The van der Waals surface area contributed by atoms with E-state index in [-0.39, 0.29) is 12.5 Å². The monoisotopic (exact) mass is 326 g/mol. The number of hydrogen-bond acceptors (Lipinski definition) is 5. The van der Waals surface area contributed by atoms with Crippen LogP contribution in [-0.4, -0.2) is 39.2 Å². The molecule has 7 heteroatoms. The van der Waals surface area contributed by atoms with Crippen LogP contribution >= 0.6 is 0 Å². The minimum absolute atomic E-state index is 0.144. The number of amides is 1. The molecule has 0 bridgehead atoms. The van der Waals surface area contributed by atoms with E-state index in [0.29, 0.717) is 35.8 Å². The molecular weight excluding hydrogens is 308 g/mol. The Morgan fingerprint density at radius 3 is 2.96 bits per heavy atom. The van der Waals surface area contributed by atoms with E-state index < -0.39 is 0 Å². The second-order valence-electron chi connectivity index (χ2n) is 5.20. The van der Waals surface area contributed by atoms with Crippen molar-refractivity contribution in [3.63, 3.8) is 0 Å². The molecule has 7 nitrogen and oxygen atoms in total. The van der Waals surface area contributed by atoms with Gasteiger partial charge in [0.2, 0.25) is 5.88 Å². The lowest BCUT2D eigenvalue weighted by Crippen LogP contribution is -2.12. The number of carbonyl (C=O) groups is 1. The fraction of sp³-hybridized carbons (Fsp3) is 0.235. The van der Waals surface area contributed by atoms with Crippen LogP contribution in [0, 0.1) is 0 Å². The van der Waals surface area contributed by atoms with Gasteiger partial charge >= 0.3 is 0 Å². The number of fused-ring (bicyclic) bond motifs is 1. The number of aliphatic hydroxyl groups excluding tert-OH is 1. The number of rotatable bonds is 7. The summed E-state index contributed by atoms with van der Waals surface area (Å²) < 4.78 is 5.56. The summed E-state index contributed by atoms with van der Waals surface area (Å²) in [5.74, 6) is 0.644. The highest BCUT2D eigenvalue weighted by molar-refractivity contribution is 6.11. The van der Waals surface area contributed by atoms with Crippen LogP contribution in [0.25, 0.3) is 11.0 Å². The van der Waals surface area contributed by atoms with E-state index in [2.05, 4.69) is 20.3 Å². The molecule has 1 amide bonds. The lowest BCUT2D eigenvalue weighted by Gasteiger charge is -2.05. The van der Waals surface area contributed by atoms with Crippen LogP contribution in [0.5, 0.6) is 5.88 Å². The predicted octanol–water partition coefficient (Wildman–Crippen LogP) is 2.36. The summed E-state index contributed by atoms with van der Waals surface area (Å²) >= 11 is 0.